The van der Waals surface area contributed by atoms with Crippen molar-refractivity contribution in [3.63, 3.8) is 0 Å². The van der Waals surface area contributed by atoms with Gasteiger partial charge in [0.05, 0.1) is 10.6 Å². The number of pyridine rings is 1. The Hall–Kier alpha value is -1.34. The first-order valence-electron chi connectivity index (χ1n) is 3.79. The summed E-state index contributed by atoms with van der Waals surface area (Å²) >= 11 is 5.57. The smallest absolute Gasteiger partial charge is 0.358 e. The maximum atomic E-state index is 12.3. The van der Waals surface area contributed by atoms with Crippen molar-refractivity contribution >= 4 is 17.4 Å². The van der Waals surface area contributed by atoms with Gasteiger partial charge >= 0.3 is 12.2 Å². The number of nitro groups is 1. The zero-order valence-electron chi connectivity index (χ0n) is 7.28. The van der Waals surface area contributed by atoms with Gasteiger partial charge in [-0.2, -0.15) is 0 Å². The molecule has 0 aliphatic carbocycles. The fraction of sp³-hybridized carbons (Fsp3) is 0.286. The summed E-state index contributed by atoms with van der Waals surface area (Å²) in [6.07, 6.45) is -2.91. The van der Waals surface area contributed by atoms with Crippen LogP contribution in [0.25, 0.3) is 0 Å². The lowest BCUT2D eigenvalue weighted by Gasteiger charge is -2.03. The van der Waals surface area contributed by atoms with Gasteiger partial charge in [0.15, 0.2) is 0 Å². The van der Waals surface area contributed by atoms with Crippen LogP contribution < -0.4 is 5.73 Å². The van der Waals surface area contributed by atoms with Gasteiger partial charge in [0.25, 0.3) is 0 Å². The molecule has 0 spiro atoms. The van der Waals surface area contributed by atoms with E-state index in [9.17, 15) is 18.9 Å². The summed E-state index contributed by atoms with van der Waals surface area (Å²) in [5.41, 5.74) is 4.42. The molecule has 0 fully saturated rings. The average Bonchev–Trinajstić information content (AvgIpc) is 2.16. The van der Waals surface area contributed by atoms with Crippen molar-refractivity contribution in [2.24, 2.45) is 5.73 Å². The average molecular weight is 238 g/mol. The number of alkyl halides is 2. The van der Waals surface area contributed by atoms with E-state index >= 15 is 0 Å². The molecule has 1 aromatic rings. The lowest BCUT2D eigenvalue weighted by Crippen LogP contribution is -2.07. The van der Waals surface area contributed by atoms with Crippen molar-refractivity contribution in [3.05, 3.63) is 32.5 Å². The third-order valence-electron chi connectivity index (χ3n) is 1.67. The highest BCUT2D eigenvalue weighted by Gasteiger charge is 2.24. The molecule has 2 N–H and O–H groups in total. The second kappa shape index (κ2) is 4.45. The number of hydrogen-bond acceptors (Lipinski definition) is 4. The Kier molecular flexibility index (Phi) is 3.48. The first-order chi connectivity index (χ1) is 6.97. The van der Waals surface area contributed by atoms with Crippen LogP contribution >= 0.6 is 11.6 Å². The fourth-order valence-electron chi connectivity index (χ4n) is 0.997. The van der Waals surface area contributed by atoms with Crippen LogP contribution in [0.2, 0.25) is 5.02 Å². The fourth-order valence-corrected chi connectivity index (χ4v) is 1.27. The van der Waals surface area contributed by atoms with Gasteiger partial charge in [-0.3, -0.25) is 0 Å². The molecule has 0 unspecified atom stereocenters. The van der Waals surface area contributed by atoms with Crippen LogP contribution in [0.5, 0.6) is 0 Å². The summed E-state index contributed by atoms with van der Waals surface area (Å²) in [5.74, 6) is -0.722. The van der Waals surface area contributed by atoms with E-state index in [1.54, 1.807) is 0 Å². The zero-order valence-corrected chi connectivity index (χ0v) is 8.04. The molecule has 15 heavy (non-hydrogen) atoms. The third-order valence-corrected chi connectivity index (χ3v) is 2.01. The minimum atomic E-state index is -2.91. The van der Waals surface area contributed by atoms with Gasteiger partial charge in [0.1, 0.15) is 0 Å². The molecule has 0 bridgehead atoms. The van der Waals surface area contributed by atoms with Gasteiger partial charge < -0.3 is 15.8 Å². The molecule has 0 aliphatic heterocycles. The summed E-state index contributed by atoms with van der Waals surface area (Å²) in [6, 6.07) is 0.876. The molecule has 0 radical (unpaired) electrons. The summed E-state index contributed by atoms with van der Waals surface area (Å²) < 4.78 is 24.5. The van der Waals surface area contributed by atoms with Gasteiger partial charge in [-0.15, -0.1) is 0 Å². The molecule has 0 atom stereocenters. The van der Waals surface area contributed by atoms with Crippen molar-refractivity contribution in [2.45, 2.75) is 13.0 Å². The van der Waals surface area contributed by atoms with Crippen LogP contribution in [0.15, 0.2) is 6.07 Å². The molecule has 0 saturated heterocycles. The highest BCUT2D eigenvalue weighted by Crippen LogP contribution is 2.28. The molecule has 1 rings (SSSR count). The highest BCUT2D eigenvalue weighted by atomic mass is 35.5. The lowest BCUT2D eigenvalue weighted by molar-refractivity contribution is -0.390. The second-order valence-corrected chi connectivity index (χ2v) is 3.00. The number of nitrogens with zero attached hydrogens (tertiary/aromatic N) is 2. The molecule has 8 heteroatoms. The first kappa shape index (κ1) is 11.7. The van der Waals surface area contributed by atoms with Gasteiger partial charge in [0, 0.05) is 12.6 Å². The molecular weight excluding hydrogens is 232 g/mol. The molecule has 5 nitrogen and oxygen atoms in total. The Morgan fingerprint density at radius 1 is 1.67 bits per heavy atom. The second-order valence-electron chi connectivity index (χ2n) is 2.59. The van der Waals surface area contributed by atoms with Crippen molar-refractivity contribution in [2.75, 3.05) is 0 Å². The normalized spacial score (nSPS) is 10.7. The highest BCUT2D eigenvalue weighted by molar-refractivity contribution is 6.31. The summed E-state index contributed by atoms with van der Waals surface area (Å²) in [6.45, 7) is -0.230. The Bertz CT molecular complexity index is 400. The standard InChI is InChI=1S/C7H6ClF2N3O2/c8-4-1-5(6(9)10)12-7(13(14)15)3(4)2-11/h1,6H,2,11H2. The predicted octanol–water partition coefficient (Wildman–Crippen LogP) is 2.04. The van der Waals surface area contributed by atoms with Crippen LogP contribution in [-0.4, -0.2) is 9.91 Å². The van der Waals surface area contributed by atoms with Crippen LogP contribution in [-0.2, 0) is 6.54 Å². The maximum absolute atomic E-state index is 12.3. The van der Waals surface area contributed by atoms with E-state index in [0.717, 1.165) is 6.07 Å². The first-order valence-corrected chi connectivity index (χ1v) is 4.17. The SMILES string of the molecule is NCc1c(Cl)cc(C(F)F)nc1[N+](=O)[O-]. The zero-order chi connectivity index (χ0) is 11.6. The van der Waals surface area contributed by atoms with Gasteiger partial charge in [-0.1, -0.05) is 11.6 Å². The lowest BCUT2D eigenvalue weighted by atomic mass is 10.2. The molecule has 0 aromatic carbocycles. The van der Waals surface area contributed by atoms with Gasteiger partial charge in [0.2, 0.25) is 5.69 Å². The summed E-state index contributed by atoms with van der Waals surface area (Å²) in [5, 5.41) is 10.3. The number of halogens is 3. The molecule has 1 aromatic heterocycles. The van der Waals surface area contributed by atoms with Crippen LogP contribution in [0, 0.1) is 10.1 Å². The Morgan fingerprint density at radius 2 is 2.27 bits per heavy atom. The Balaban J connectivity index is 3.38. The number of hydrogen-bond donors (Lipinski definition) is 1. The quantitative estimate of drug-likeness (QED) is 0.644. The van der Waals surface area contributed by atoms with Gasteiger partial charge in [-0.25, -0.2) is 8.78 Å². The molecular formula is C7H6ClF2N3O2. The summed E-state index contributed by atoms with van der Waals surface area (Å²) in [4.78, 5) is 12.8. The van der Waals surface area contributed by atoms with E-state index in [1.807, 2.05) is 0 Å². The van der Waals surface area contributed by atoms with E-state index in [4.69, 9.17) is 17.3 Å². The van der Waals surface area contributed by atoms with E-state index in [-0.39, 0.29) is 17.1 Å². The monoisotopic (exact) mass is 237 g/mol. The van der Waals surface area contributed by atoms with E-state index in [0.29, 0.717) is 0 Å². The summed E-state index contributed by atoms with van der Waals surface area (Å²) in [7, 11) is 0. The minimum absolute atomic E-state index is 0.0499. The van der Waals surface area contributed by atoms with Crippen molar-refractivity contribution in [1.29, 1.82) is 0 Å². The molecule has 0 amide bonds. The minimum Gasteiger partial charge on any atom is -0.358 e. The van der Waals surface area contributed by atoms with Crippen molar-refractivity contribution in [3.8, 4) is 0 Å². The topological polar surface area (TPSA) is 82.0 Å². The third kappa shape index (κ3) is 2.37. The number of nitrogens with two attached hydrogens (primary N) is 1. The van der Waals surface area contributed by atoms with E-state index in [2.05, 4.69) is 4.98 Å². The Morgan fingerprint density at radius 3 is 2.67 bits per heavy atom. The number of rotatable bonds is 3. The van der Waals surface area contributed by atoms with Gasteiger partial charge in [-0.05, 0) is 9.91 Å². The largest absolute Gasteiger partial charge is 0.369 e. The van der Waals surface area contributed by atoms with E-state index in [1.165, 1.54) is 0 Å². The van der Waals surface area contributed by atoms with Crippen LogP contribution in [0.3, 0.4) is 0 Å². The maximum Gasteiger partial charge on any atom is 0.369 e. The molecule has 82 valence electrons. The van der Waals surface area contributed by atoms with E-state index < -0.39 is 22.9 Å². The van der Waals surface area contributed by atoms with Crippen molar-refractivity contribution in [1.82, 2.24) is 4.98 Å². The number of aromatic nitrogens is 1. The molecule has 1 heterocycles. The van der Waals surface area contributed by atoms with Crippen molar-refractivity contribution < 1.29 is 13.7 Å². The van der Waals surface area contributed by atoms with Crippen LogP contribution in [0.4, 0.5) is 14.6 Å². The molecule has 0 aliphatic rings. The Labute approximate surface area is 88.0 Å². The van der Waals surface area contributed by atoms with Crippen LogP contribution in [0.1, 0.15) is 17.7 Å². The molecule has 0 saturated carbocycles. The predicted molar refractivity (Wildman–Crippen MR) is 48.7 cm³/mol.